The SMILES string of the molecule is CC1(C)CC(=O)C(Cc2ccccc2)C(O)C1. The van der Waals surface area contributed by atoms with Crippen molar-refractivity contribution < 1.29 is 9.90 Å². The van der Waals surface area contributed by atoms with Gasteiger partial charge in [0, 0.05) is 12.3 Å². The topological polar surface area (TPSA) is 37.3 Å². The van der Waals surface area contributed by atoms with E-state index in [1.165, 1.54) is 0 Å². The average Bonchev–Trinajstić information content (AvgIpc) is 2.24. The fourth-order valence-corrected chi connectivity index (χ4v) is 2.72. The Balaban J connectivity index is 2.09. The van der Waals surface area contributed by atoms with Gasteiger partial charge in [-0.1, -0.05) is 44.2 Å². The molecule has 1 saturated carbocycles. The highest BCUT2D eigenvalue weighted by Gasteiger charge is 2.39. The fraction of sp³-hybridized carbons (Fsp3) is 0.533. The van der Waals surface area contributed by atoms with Crippen molar-refractivity contribution in [2.45, 2.75) is 39.2 Å². The molecule has 1 aromatic rings. The lowest BCUT2D eigenvalue weighted by Gasteiger charge is -2.37. The van der Waals surface area contributed by atoms with Gasteiger partial charge in [-0.15, -0.1) is 0 Å². The lowest BCUT2D eigenvalue weighted by atomic mass is 9.69. The number of carbonyl (C=O) groups excluding carboxylic acids is 1. The number of aliphatic hydroxyl groups excluding tert-OH is 1. The van der Waals surface area contributed by atoms with E-state index in [-0.39, 0.29) is 17.1 Å². The van der Waals surface area contributed by atoms with E-state index in [1.54, 1.807) is 0 Å². The molecule has 1 aliphatic carbocycles. The van der Waals surface area contributed by atoms with Gasteiger partial charge < -0.3 is 5.11 Å². The number of carbonyl (C=O) groups is 1. The minimum Gasteiger partial charge on any atom is -0.392 e. The van der Waals surface area contributed by atoms with Gasteiger partial charge in [0.2, 0.25) is 0 Å². The Morgan fingerprint density at radius 3 is 2.53 bits per heavy atom. The van der Waals surface area contributed by atoms with Gasteiger partial charge in [-0.3, -0.25) is 4.79 Å². The second kappa shape index (κ2) is 4.61. The first kappa shape index (κ1) is 12.3. The first-order valence-corrected chi connectivity index (χ1v) is 6.23. The van der Waals surface area contributed by atoms with Crippen molar-refractivity contribution in [3.05, 3.63) is 35.9 Å². The monoisotopic (exact) mass is 232 g/mol. The van der Waals surface area contributed by atoms with E-state index in [0.29, 0.717) is 12.8 Å². The van der Waals surface area contributed by atoms with Gasteiger partial charge in [0.1, 0.15) is 5.78 Å². The Bertz CT molecular complexity index is 395. The Morgan fingerprint density at radius 1 is 1.29 bits per heavy atom. The van der Waals surface area contributed by atoms with Gasteiger partial charge in [0.05, 0.1) is 6.10 Å². The number of Topliss-reactive ketones (excluding diaryl/α,β-unsaturated/α-hetero) is 1. The van der Waals surface area contributed by atoms with E-state index in [1.807, 2.05) is 44.2 Å². The molecular formula is C15H20O2. The molecule has 1 aliphatic rings. The highest BCUT2D eigenvalue weighted by atomic mass is 16.3. The molecule has 2 heteroatoms. The first-order valence-electron chi connectivity index (χ1n) is 6.23. The van der Waals surface area contributed by atoms with Crippen LogP contribution in [0, 0.1) is 11.3 Å². The molecule has 1 N–H and O–H groups in total. The standard InChI is InChI=1S/C15H20O2/c1-15(2)9-13(16)12(14(17)10-15)8-11-6-4-3-5-7-11/h3-7,12-13,16H,8-10H2,1-2H3. The minimum atomic E-state index is -0.494. The molecule has 0 aliphatic heterocycles. The van der Waals surface area contributed by atoms with E-state index in [4.69, 9.17) is 0 Å². The first-order chi connectivity index (χ1) is 7.98. The molecule has 2 atom stereocenters. The van der Waals surface area contributed by atoms with Crippen molar-refractivity contribution in [1.82, 2.24) is 0 Å². The van der Waals surface area contributed by atoms with Crippen LogP contribution in [0.25, 0.3) is 0 Å². The van der Waals surface area contributed by atoms with Crippen molar-refractivity contribution in [2.24, 2.45) is 11.3 Å². The third kappa shape index (κ3) is 2.95. The quantitative estimate of drug-likeness (QED) is 0.851. The van der Waals surface area contributed by atoms with Crippen LogP contribution in [0.2, 0.25) is 0 Å². The summed E-state index contributed by atoms with van der Waals surface area (Å²) in [4.78, 5) is 12.1. The fourth-order valence-electron chi connectivity index (χ4n) is 2.72. The van der Waals surface area contributed by atoms with Crippen LogP contribution in [0.5, 0.6) is 0 Å². The van der Waals surface area contributed by atoms with Crippen LogP contribution < -0.4 is 0 Å². The van der Waals surface area contributed by atoms with E-state index in [0.717, 1.165) is 12.0 Å². The molecule has 2 nitrogen and oxygen atoms in total. The van der Waals surface area contributed by atoms with Crippen LogP contribution in [0.3, 0.4) is 0 Å². The predicted molar refractivity (Wildman–Crippen MR) is 67.7 cm³/mol. The lowest BCUT2D eigenvalue weighted by Crippen LogP contribution is -2.41. The third-order valence-corrected chi connectivity index (χ3v) is 3.59. The molecule has 2 unspecified atom stereocenters. The third-order valence-electron chi connectivity index (χ3n) is 3.59. The average molecular weight is 232 g/mol. The summed E-state index contributed by atoms with van der Waals surface area (Å²) < 4.78 is 0. The molecule has 92 valence electrons. The van der Waals surface area contributed by atoms with Crippen LogP contribution >= 0.6 is 0 Å². The zero-order valence-corrected chi connectivity index (χ0v) is 10.5. The van der Waals surface area contributed by atoms with Crippen molar-refractivity contribution in [3.63, 3.8) is 0 Å². The van der Waals surface area contributed by atoms with Crippen LogP contribution in [-0.4, -0.2) is 17.0 Å². The molecule has 1 aromatic carbocycles. The van der Waals surface area contributed by atoms with Gasteiger partial charge in [0.25, 0.3) is 0 Å². The summed E-state index contributed by atoms with van der Waals surface area (Å²) in [6.07, 6.45) is 1.47. The Kier molecular flexibility index (Phi) is 3.34. The molecule has 17 heavy (non-hydrogen) atoms. The Labute approximate surface area is 103 Å². The molecule has 0 amide bonds. The number of benzene rings is 1. The molecule has 2 rings (SSSR count). The van der Waals surface area contributed by atoms with E-state index < -0.39 is 6.10 Å². The normalized spacial score (nSPS) is 28.1. The van der Waals surface area contributed by atoms with Gasteiger partial charge in [-0.05, 0) is 23.8 Å². The lowest BCUT2D eigenvalue weighted by molar-refractivity contribution is -0.134. The van der Waals surface area contributed by atoms with Crippen molar-refractivity contribution in [2.75, 3.05) is 0 Å². The summed E-state index contributed by atoms with van der Waals surface area (Å²) in [6.45, 7) is 4.10. The molecule has 0 saturated heterocycles. The Hall–Kier alpha value is -1.15. The minimum absolute atomic E-state index is 0.0519. The van der Waals surface area contributed by atoms with Gasteiger partial charge >= 0.3 is 0 Å². The summed E-state index contributed by atoms with van der Waals surface area (Å²) in [6, 6.07) is 9.93. The maximum Gasteiger partial charge on any atom is 0.139 e. The maximum absolute atomic E-state index is 12.1. The molecule has 0 radical (unpaired) electrons. The number of hydrogen-bond donors (Lipinski definition) is 1. The zero-order valence-electron chi connectivity index (χ0n) is 10.5. The summed E-state index contributed by atoms with van der Waals surface area (Å²) >= 11 is 0. The van der Waals surface area contributed by atoms with E-state index >= 15 is 0 Å². The second-order valence-corrected chi connectivity index (χ2v) is 5.87. The van der Waals surface area contributed by atoms with Crippen LogP contribution in [-0.2, 0) is 11.2 Å². The van der Waals surface area contributed by atoms with E-state index in [9.17, 15) is 9.90 Å². The zero-order chi connectivity index (χ0) is 12.5. The van der Waals surface area contributed by atoms with Crippen LogP contribution in [0.15, 0.2) is 30.3 Å². The molecule has 0 spiro atoms. The van der Waals surface area contributed by atoms with Gasteiger partial charge in [-0.25, -0.2) is 0 Å². The van der Waals surface area contributed by atoms with Crippen molar-refractivity contribution in [1.29, 1.82) is 0 Å². The highest BCUT2D eigenvalue weighted by Crippen LogP contribution is 2.37. The second-order valence-electron chi connectivity index (χ2n) is 5.87. The molecule has 0 heterocycles. The van der Waals surface area contributed by atoms with Crippen molar-refractivity contribution in [3.8, 4) is 0 Å². The summed E-state index contributed by atoms with van der Waals surface area (Å²) in [5.41, 5.74) is 1.08. The highest BCUT2D eigenvalue weighted by molar-refractivity contribution is 5.83. The Morgan fingerprint density at radius 2 is 1.94 bits per heavy atom. The van der Waals surface area contributed by atoms with Crippen LogP contribution in [0.1, 0.15) is 32.3 Å². The number of aliphatic hydroxyl groups is 1. The molecule has 0 bridgehead atoms. The molecule has 1 fully saturated rings. The smallest absolute Gasteiger partial charge is 0.139 e. The van der Waals surface area contributed by atoms with E-state index in [2.05, 4.69) is 0 Å². The molecular weight excluding hydrogens is 212 g/mol. The van der Waals surface area contributed by atoms with Crippen LogP contribution in [0.4, 0.5) is 0 Å². The van der Waals surface area contributed by atoms with Gasteiger partial charge in [0.15, 0.2) is 0 Å². The largest absolute Gasteiger partial charge is 0.392 e. The maximum atomic E-state index is 12.1. The molecule has 0 aromatic heterocycles. The summed E-state index contributed by atoms with van der Waals surface area (Å²) in [7, 11) is 0. The summed E-state index contributed by atoms with van der Waals surface area (Å²) in [5.74, 6) is -0.0111. The van der Waals surface area contributed by atoms with Gasteiger partial charge in [-0.2, -0.15) is 0 Å². The number of hydrogen-bond acceptors (Lipinski definition) is 2. The summed E-state index contributed by atoms with van der Waals surface area (Å²) in [5, 5.41) is 10.1. The number of rotatable bonds is 2. The number of ketones is 1. The predicted octanol–water partition coefficient (Wildman–Crippen LogP) is 2.60. The van der Waals surface area contributed by atoms with Crippen molar-refractivity contribution >= 4 is 5.78 Å².